The maximum absolute atomic E-state index is 11.9. The standard InChI is InChI=1S/C16H16ClNO5S/c1-2-24(21,22)11-7-8-14(19)13(9-11)18-16(20)10-23-15-6-4-3-5-12(15)17/h3-9,19H,2,10H2,1H3,(H,18,20). The number of carbonyl (C=O) groups is 1. The van der Waals surface area contributed by atoms with E-state index in [0.29, 0.717) is 10.8 Å². The molecule has 0 saturated heterocycles. The van der Waals surface area contributed by atoms with Crippen molar-refractivity contribution in [2.75, 3.05) is 17.7 Å². The van der Waals surface area contributed by atoms with Crippen LogP contribution in [0, 0.1) is 0 Å². The van der Waals surface area contributed by atoms with Gasteiger partial charge in [0.25, 0.3) is 5.91 Å². The summed E-state index contributed by atoms with van der Waals surface area (Å²) in [4.78, 5) is 12.0. The van der Waals surface area contributed by atoms with Crippen molar-refractivity contribution < 1.29 is 23.1 Å². The molecule has 24 heavy (non-hydrogen) atoms. The highest BCUT2D eigenvalue weighted by atomic mass is 35.5. The second kappa shape index (κ2) is 7.55. The van der Waals surface area contributed by atoms with Crippen LogP contribution in [0.2, 0.25) is 5.02 Å². The summed E-state index contributed by atoms with van der Waals surface area (Å²) in [5.41, 5.74) is -0.00252. The Bertz CT molecular complexity index is 851. The van der Waals surface area contributed by atoms with Crippen molar-refractivity contribution in [1.82, 2.24) is 0 Å². The molecule has 0 aromatic heterocycles. The molecule has 128 valence electrons. The Morgan fingerprint density at radius 1 is 1.25 bits per heavy atom. The number of halogens is 1. The van der Waals surface area contributed by atoms with Crippen molar-refractivity contribution in [1.29, 1.82) is 0 Å². The molecule has 0 unspecified atom stereocenters. The number of nitrogens with one attached hydrogen (secondary N) is 1. The molecule has 0 spiro atoms. The van der Waals surface area contributed by atoms with Crippen molar-refractivity contribution in [3.63, 3.8) is 0 Å². The van der Waals surface area contributed by atoms with E-state index in [1.165, 1.54) is 25.1 Å². The fourth-order valence-corrected chi connectivity index (χ4v) is 2.96. The number of hydrogen-bond acceptors (Lipinski definition) is 5. The molecule has 0 atom stereocenters. The van der Waals surface area contributed by atoms with Crippen LogP contribution in [0.15, 0.2) is 47.4 Å². The number of anilines is 1. The Balaban J connectivity index is 2.09. The second-order valence-corrected chi connectivity index (χ2v) is 7.54. The Morgan fingerprint density at radius 3 is 2.62 bits per heavy atom. The van der Waals surface area contributed by atoms with Crippen LogP contribution < -0.4 is 10.1 Å². The maximum Gasteiger partial charge on any atom is 0.262 e. The van der Waals surface area contributed by atoms with E-state index >= 15 is 0 Å². The van der Waals surface area contributed by atoms with Gasteiger partial charge in [0.15, 0.2) is 16.4 Å². The number of carbonyl (C=O) groups excluding carboxylic acids is 1. The number of aromatic hydroxyl groups is 1. The van der Waals surface area contributed by atoms with Crippen molar-refractivity contribution in [2.24, 2.45) is 0 Å². The lowest BCUT2D eigenvalue weighted by atomic mass is 10.3. The molecule has 0 aliphatic rings. The zero-order valence-electron chi connectivity index (χ0n) is 12.8. The molecule has 0 aliphatic carbocycles. The summed E-state index contributed by atoms with van der Waals surface area (Å²) in [5.74, 6) is -0.533. The summed E-state index contributed by atoms with van der Waals surface area (Å²) in [6.07, 6.45) is 0. The number of phenolic OH excluding ortho intramolecular Hbond substituents is 1. The zero-order chi connectivity index (χ0) is 17.7. The number of benzene rings is 2. The van der Waals surface area contributed by atoms with Gasteiger partial charge < -0.3 is 15.2 Å². The second-order valence-electron chi connectivity index (χ2n) is 4.85. The topological polar surface area (TPSA) is 92.7 Å². The first-order valence-electron chi connectivity index (χ1n) is 7.06. The first-order valence-corrected chi connectivity index (χ1v) is 9.09. The van der Waals surface area contributed by atoms with Gasteiger partial charge in [0.1, 0.15) is 11.5 Å². The van der Waals surface area contributed by atoms with Crippen LogP contribution in [0.4, 0.5) is 5.69 Å². The molecule has 0 radical (unpaired) electrons. The highest BCUT2D eigenvalue weighted by molar-refractivity contribution is 7.91. The number of hydrogen-bond donors (Lipinski definition) is 2. The summed E-state index contributed by atoms with van der Waals surface area (Å²) < 4.78 is 29.0. The van der Waals surface area contributed by atoms with Gasteiger partial charge in [-0.15, -0.1) is 0 Å². The van der Waals surface area contributed by atoms with Crippen LogP contribution in [-0.2, 0) is 14.6 Å². The fraction of sp³-hybridized carbons (Fsp3) is 0.188. The van der Waals surface area contributed by atoms with Gasteiger partial charge >= 0.3 is 0 Å². The predicted octanol–water partition coefficient (Wildman–Crippen LogP) is 2.86. The average molecular weight is 370 g/mol. The molecule has 0 bridgehead atoms. The minimum absolute atomic E-state index is 0.00252. The summed E-state index contributed by atoms with van der Waals surface area (Å²) in [6.45, 7) is 1.17. The van der Waals surface area contributed by atoms with Crippen LogP contribution in [0.3, 0.4) is 0 Å². The third-order valence-corrected chi connectivity index (χ3v) is 5.22. The summed E-state index contributed by atoms with van der Waals surface area (Å²) in [6, 6.07) is 10.4. The van der Waals surface area contributed by atoms with Crippen LogP contribution in [0.5, 0.6) is 11.5 Å². The number of amides is 1. The van der Waals surface area contributed by atoms with Gasteiger partial charge in [0.2, 0.25) is 0 Å². The van der Waals surface area contributed by atoms with Crippen LogP contribution in [-0.4, -0.2) is 31.8 Å². The van der Waals surface area contributed by atoms with Gasteiger partial charge in [-0.2, -0.15) is 0 Å². The molecule has 8 heteroatoms. The van der Waals surface area contributed by atoms with Gasteiger partial charge in [-0.25, -0.2) is 8.42 Å². The highest BCUT2D eigenvalue weighted by Crippen LogP contribution is 2.27. The van der Waals surface area contributed by atoms with Crippen LogP contribution in [0.1, 0.15) is 6.92 Å². The van der Waals surface area contributed by atoms with Crippen LogP contribution in [0.25, 0.3) is 0 Å². The molecule has 0 saturated carbocycles. The van der Waals surface area contributed by atoms with Crippen molar-refractivity contribution in [3.05, 3.63) is 47.5 Å². The molecule has 0 fully saturated rings. The smallest absolute Gasteiger partial charge is 0.262 e. The Kier molecular flexibility index (Phi) is 5.69. The molecule has 2 aromatic rings. The minimum Gasteiger partial charge on any atom is -0.506 e. The maximum atomic E-state index is 11.9. The lowest BCUT2D eigenvalue weighted by Gasteiger charge is -2.11. The number of rotatable bonds is 6. The third-order valence-electron chi connectivity index (χ3n) is 3.18. The van der Waals surface area contributed by atoms with Crippen molar-refractivity contribution in [3.8, 4) is 11.5 Å². The monoisotopic (exact) mass is 369 g/mol. The fourth-order valence-electron chi connectivity index (χ4n) is 1.87. The molecule has 2 rings (SSSR count). The van der Waals surface area contributed by atoms with E-state index in [-0.39, 0.29) is 28.7 Å². The Labute approximate surface area is 144 Å². The lowest BCUT2D eigenvalue weighted by Crippen LogP contribution is -2.20. The number of para-hydroxylation sites is 1. The highest BCUT2D eigenvalue weighted by Gasteiger charge is 2.15. The number of phenols is 1. The third kappa shape index (κ3) is 4.39. The molecule has 0 aliphatic heterocycles. The molecular formula is C16H16ClNO5S. The van der Waals surface area contributed by atoms with Gasteiger partial charge in [0.05, 0.1) is 21.4 Å². The molecule has 6 nitrogen and oxygen atoms in total. The van der Waals surface area contributed by atoms with E-state index in [9.17, 15) is 18.3 Å². The Hall–Kier alpha value is -2.25. The number of ether oxygens (including phenoxy) is 1. The van der Waals surface area contributed by atoms with Crippen molar-refractivity contribution in [2.45, 2.75) is 11.8 Å². The average Bonchev–Trinajstić information content (AvgIpc) is 2.56. The van der Waals surface area contributed by atoms with Gasteiger partial charge in [-0.05, 0) is 30.3 Å². The Morgan fingerprint density at radius 2 is 1.96 bits per heavy atom. The van der Waals surface area contributed by atoms with E-state index in [4.69, 9.17) is 16.3 Å². The largest absolute Gasteiger partial charge is 0.506 e. The summed E-state index contributed by atoms with van der Waals surface area (Å²) in [7, 11) is -3.45. The van der Waals surface area contributed by atoms with E-state index < -0.39 is 15.7 Å². The molecule has 0 heterocycles. The van der Waals surface area contributed by atoms with Gasteiger partial charge in [-0.1, -0.05) is 30.7 Å². The molecular weight excluding hydrogens is 354 g/mol. The molecule has 2 aromatic carbocycles. The lowest BCUT2D eigenvalue weighted by molar-refractivity contribution is -0.118. The first kappa shape index (κ1) is 18.1. The van der Waals surface area contributed by atoms with E-state index in [1.807, 2.05) is 0 Å². The van der Waals surface area contributed by atoms with Crippen LogP contribution >= 0.6 is 11.6 Å². The molecule has 2 N–H and O–H groups in total. The van der Waals surface area contributed by atoms with E-state index in [1.54, 1.807) is 24.3 Å². The van der Waals surface area contributed by atoms with Gasteiger partial charge in [0, 0.05) is 0 Å². The first-order chi connectivity index (χ1) is 11.3. The normalized spacial score (nSPS) is 11.1. The molecule has 1 amide bonds. The quantitative estimate of drug-likeness (QED) is 0.764. The zero-order valence-corrected chi connectivity index (χ0v) is 14.4. The minimum atomic E-state index is -3.45. The van der Waals surface area contributed by atoms with Gasteiger partial charge in [-0.3, -0.25) is 4.79 Å². The number of sulfone groups is 1. The predicted molar refractivity (Wildman–Crippen MR) is 91.4 cm³/mol. The summed E-state index contributed by atoms with van der Waals surface area (Å²) >= 11 is 5.92. The van der Waals surface area contributed by atoms with E-state index in [2.05, 4.69) is 5.32 Å². The SMILES string of the molecule is CCS(=O)(=O)c1ccc(O)c(NC(=O)COc2ccccc2Cl)c1. The summed E-state index contributed by atoms with van der Waals surface area (Å²) in [5, 5.41) is 12.6. The van der Waals surface area contributed by atoms with E-state index in [0.717, 1.165) is 0 Å². The van der Waals surface area contributed by atoms with Crippen molar-refractivity contribution >= 4 is 33.0 Å².